The van der Waals surface area contributed by atoms with Crippen LogP contribution in [0.2, 0.25) is 0 Å². The molecule has 0 aromatic heterocycles. The molecule has 0 radical (unpaired) electrons. The first kappa shape index (κ1) is 11.3. The van der Waals surface area contributed by atoms with Crippen LogP contribution in [0.4, 0.5) is 25.2 Å². The van der Waals surface area contributed by atoms with Crippen LogP contribution in [0, 0.1) is 0 Å². The molecular formula is F6P2. The summed E-state index contributed by atoms with van der Waals surface area (Å²) >= 11 is 0. The van der Waals surface area contributed by atoms with Crippen LogP contribution in [0.25, 0.3) is 0 Å². The Kier molecular flexibility index (Phi) is 10.5. The van der Waals surface area contributed by atoms with Crippen LogP contribution in [-0.2, 0) is 0 Å². The molecule has 0 spiro atoms. The van der Waals surface area contributed by atoms with Gasteiger partial charge < -0.3 is 0 Å². The van der Waals surface area contributed by atoms with Crippen molar-refractivity contribution in [3.05, 3.63) is 0 Å². The minimum Gasteiger partial charge on any atom is -0.152 e. The van der Waals surface area contributed by atoms with E-state index in [0.717, 1.165) is 0 Å². The molecule has 0 aromatic carbocycles. The smallest absolute Gasteiger partial charge is 0.152 e. The summed E-state index contributed by atoms with van der Waals surface area (Å²) in [6.45, 7) is 0. The monoisotopic (exact) mass is 176 g/mol. The summed E-state index contributed by atoms with van der Waals surface area (Å²) in [5, 5.41) is 0. The standard InChI is InChI=1S/2F3P/c2*1-4(2)3. The molecule has 0 aliphatic carbocycles. The van der Waals surface area contributed by atoms with E-state index in [4.69, 9.17) is 0 Å². The van der Waals surface area contributed by atoms with Crippen LogP contribution in [0.15, 0.2) is 0 Å². The first-order valence-corrected chi connectivity index (χ1v) is 3.04. The van der Waals surface area contributed by atoms with Gasteiger partial charge in [0.15, 0.2) is 0 Å². The van der Waals surface area contributed by atoms with E-state index in [2.05, 4.69) is 0 Å². The largest absolute Gasteiger partial charge is 0.456 e. The highest BCUT2D eigenvalue weighted by molar-refractivity contribution is 7.40. The third-order valence-corrected chi connectivity index (χ3v) is 0. The van der Waals surface area contributed by atoms with Gasteiger partial charge in [-0.2, -0.15) is 25.2 Å². The first-order chi connectivity index (χ1) is 3.46. The number of rotatable bonds is 0. The van der Waals surface area contributed by atoms with Crippen molar-refractivity contribution >= 4 is 17.7 Å². The van der Waals surface area contributed by atoms with Crippen molar-refractivity contribution in [1.82, 2.24) is 0 Å². The van der Waals surface area contributed by atoms with Crippen molar-refractivity contribution in [2.45, 2.75) is 0 Å². The van der Waals surface area contributed by atoms with E-state index in [9.17, 15) is 25.2 Å². The minimum atomic E-state index is -4.12. The molecule has 0 rings (SSSR count). The van der Waals surface area contributed by atoms with Gasteiger partial charge in [0.2, 0.25) is 0 Å². The Morgan fingerprint density at radius 2 is 0.500 bits per heavy atom. The maximum Gasteiger partial charge on any atom is 0.456 e. The van der Waals surface area contributed by atoms with Gasteiger partial charge in [0, 0.05) is 0 Å². The van der Waals surface area contributed by atoms with Crippen molar-refractivity contribution in [1.29, 1.82) is 0 Å². The van der Waals surface area contributed by atoms with Crippen LogP contribution < -0.4 is 0 Å². The minimum absolute atomic E-state index is 4.12. The second-order valence-corrected chi connectivity index (χ2v) is 1.15. The van der Waals surface area contributed by atoms with Gasteiger partial charge in [-0.1, -0.05) is 0 Å². The van der Waals surface area contributed by atoms with Gasteiger partial charge >= 0.3 is 17.7 Å². The maximum atomic E-state index is 9.73. The summed E-state index contributed by atoms with van der Waals surface area (Å²) in [6, 6.07) is 0. The molecule has 0 aliphatic rings. The maximum absolute atomic E-state index is 9.73. The van der Waals surface area contributed by atoms with Crippen molar-refractivity contribution in [2.24, 2.45) is 0 Å². The van der Waals surface area contributed by atoms with Gasteiger partial charge in [0.05, 0.1) is 0 Å². The lowest BCUT2D eigenvalue weighted by atomic mass is 18.8. The molecule has 0 bridgehead atoms. The third kappa shape index (κ3) is 984. The molecule has 0 amide bonds. The summed E-state index contributed by atoms with van der Waals surface area (Å²) in [5.41, 5.74) is 0. The van der Waals surface area contributed by atoms with Crippen LogP contribution >= 0.6 is 17.7 Å². The average molecular weight is 176 g/mol. The Bertz CT molecular complexity index is 22.0. The Hall–Kier alpha value is 0.440. The van der Waals surface area contributed by atoms with Crippen molar-refractivity contribution in [3.63, 3.8) is 0 Å². The van der Waals surface area contributed by atoms with Gasteiger partial charge in [0.1, 0.15) is 0 Å². The summed E-state index contributed by atoms with van der Waals surface area (Å²) in [6.07, 6.45) is 0. The zero-order chi connectivity index (χ0) is 7.15. The van der Waals surface area contributed by atoms with Gasteiger partial charge in [-0.25, -0.2) is 0 Å². The number of hydrogen-bond donors (Lipinski definition) is 0. The molecule has 0 N–H and O–H groups in total. The Balaban J connectivity index is 0. The summed E-state index contributed by atoms with van der Waals surface area (Å²) < 4.78 is 58.4. The van der Waals surface area contributed by atoms with E-state index < -0.39 is 17.7 Å². The van der Waals surface area contributed by atoms with E-state index in [0.29, 0.717) is 0 Å². The zero-order valence-electron chi connectivity index (χ0n) is 3.16. The van der Waals surface area contributed by atoms with E-state index >= 15 is 0 Å². The fourth-order valence-corrected chi connectivity index (χ4v) is 0. The van der Waals surface area contributed by atoms with Gasteiger partial charge in [-0.05, 0) is 0 Å². The van der Waals surface area contributed by atoms with E-state index in [1.54, 1.807) is 0 Å². The molecule has 0 heterocycles. The van der Waals surface area contributed by atoms with Crippen LogP contribution in [0.1, 0.15) is 0 Å². The predicted molar refractivity (Wildman–Crippen MR) is 20.5 cm³/mol. The SMILES string of the molecule is FP(F)F.FP(F)F. The van der Waals surface area contributed by atoms with E-state index in [1.807, 2.05) is 0 Å². The quantitative estimate of drug-likeness (QED) is 0.382. The normalized spacial score (nSPS) is 9.00. The van der Waals surface area contributed by atoms with Crippen molar-refractivity contribution < 1.29 is 25.2 Å². The molecule has 0 aliphatic heterocycles. The summed E-state index contributed by atoms with van der Waals surface area (Å²) in [4.78, 5) is 0. The second kappa shape index (κ2) is 7.44. The summed E-state index contributed by atoms with van der Waals surface area (Å²) in [7, 11) is -8.24. The molecule has 0 saturated heterocycles. The van der Waals surface area contributed by atoms with E-state index in [1.165, 1.54) is 0 Å². The molecule has 52 valence electrons. The van der Waals surface area contributed by atoms with Crippen LogP contribution in [-0.4, -0.2) is 0 Å². The zero-order valence-corrected chi connectivity index (χ0v) is 4.95. The first-order valence-electron chi connectivity index (χ1n) is 1.01. The molecule has 0 aromatic rings. The van der Waals surface area contributed by atoms with Crippen LogP contribution in [0.3, 0.4) is 0 Å². The topological polar surface area (TPSA) is 0 Å². The van der Waals surface area contributed by atoms with Crippen molar-refractivity contribution in [2.75, 3.05) is 0 Å². The third-order valence-electron chi connectivity index (χ3n) is 0. The fourth-order valence-electron chi connectivity index (χ4n) is 0. The van der Waals surface area contributed by atoms with Gasteiger partial charge in [-0.3, -0.25) is 0 Å². The highest BCUT2D eigenvalue weighted by Crippen LogP contribution is 2.39. The lowest BCUT2D eigenvalue weighted by molar-refractivity contribution is 0.631. The second-order valence-electron chi connectivity index (χ2n) is 0.383. The molecule has 0 nitrogen and oxygen atoms in total. The molecule has 0 saturated carbocycles. The number of hydrogen-bond acceptors (Lipinski definition) is 0. The van der Waals surface area contributed by atoms with Crippen molar-refractivity contribution in [3.8, 4) is 0 Å². The Morgan fingerprint density at radius 1 is 0.500 bits per heavy atom. The molecule has 8 heavy (non-hydrogen) atoms. The predicted octanol–water partition coefficient (Wildman–Crippen LogP) is 4.24. The lowest BCUT2D eigenvalue weighted by Gasteiger charge is -1.61. The lowest BCUT2D eigenvalue weighted by Crippen LogP contribution is -1.10. The molecule has 8 heteroatoms. The van der Waals surface area contributed by atoms with E-state index in [-0.39, 0.29) is 0 Å². The van der Waals surface area contributed by atoms with Gasteiger partial charge in [-0.15, -0.1) is 0 Å². The molecule has 0 atom stereocenters. The van der Waals surface area contributed by atoms with Gasteiger partial charge in [0.25, 0.3) is 0 Å². The summed E-state index contributed by atoms with van der Waals surface area (Å²) in [5.74, 6) is 0. The van der Waals surface area contributed by atoms with Crippen LogP contribution in [0.5, 0.6) is 0 Å². The highest BCUT2D eigenvalue weighted by Gasteiger charge is 1.92. The highest BCUT2D eigenvalue weighted by atomic mass is 31.2. The number of halogens is 6. The molecular weight excluding hydrogens is 176 g/mol. The average Bonchev–Trinajstić information content (AvgIpc) is 1.25. The fraction of sp³-hybridized carbons (Fsp3) is 0. The molecule has 0 unspecified atom stereocenters. The molecule has 0 fully saturated rings. The Morgan fingerprint density at radius 3 is 0.500 bits per heavy atom. The Labute approximate surface area is 44.1 Å².